The molecule has 7 nitrogen and oxygen atoms in total. The lowest BCUT2D eigenvalue weighted by Crippen LogP contribution is -2.43. The molecule has 0 aliphatic carbocycles. The highest BCUT2D eigenvalue weighted by molar-refractivity contribution is 7.92. The number of carbonyl (C=O) groups is 1. The van der Waals surface area contributed by atoms with Crippen LogP contribution in [-0.2, 0) is 14.8 Å². The summed E-state index contributed by atoms with van der Waals surface area (Å²) >= 11 is 11.7. The van der Waals surface area contributed by atoms with Gasteiger partial charge in [-0.25, -0.2) is 13.1 Å². The van der Waals surface area contributed by atoms with Gasteiger partial charge in [0.1, 0.15) is 5.75 Å². The van der Waals surface area contributed by atoms with E-state index in [1.54, 1.807) is 4.90 Å². The van der Waals surface area contributed by atoms with E-state index in [1.165, 1.54) is 12.1 Å². The van der Waals surface area contributed by atoms with Gasteiger partial charge in [0, 0.05) is 31.1 Å². The molecule has 1 aromatic rings. The fourth-order valence-electron chi connectivity index (χ4n) is 2.64. The molecule has 0 radical (unpaired) electrons. The van der Waals surface area contributed by atoms with Crippen LogP contribution in [0.15, 0.2) is 24.1 Å². The summed E-state index contributed by atoms with van der Waals surface area (Å²) < 4.78 is 25.2. The first kappa shape index (κ1) is 20.8. The molecule has 0 bridgehead atoms. The number of hydrogen-bond acceptors (Lipinski definition) is 5. The number of phenols is 1. The van der Waals surface area contributed by atoms with Crippen LogP contribution in [0.25, 0.3) is 0 Å². The summed E-state index contributed by atoms with van der Waals surface area (Å²) in [5.41, 5.74) is 0.335. The van der Waals surface area contributed by atoms with Gasteiger partial charge in [-0.15, -0.1) is 0 Å². The van der Waals surface area contributed by atoms with Gasteiger partial charge in [-0.1, -0.05) is 29.8 Å². The molecule has 0 unspecified atom stereocenters. The molecule has 26 heavy (non-hydrogen) atoms. The third-order valence-corrected chi connectivity index (χ3v) is 5.96. The number of rotatable bonds is 7. The van der Waals surface area contributed by atoms with Crippen molar-refractivity contribution in [3.8, 4) is 5.75 Å². The average molecular weight is 422 g/mol. The van der Waals surface area contributed by atoms with Crippen molar-refractivity contribution >= 4 is 44.8 Å². The number of piperidine rings is 1. The largest absolute Gasteiger partial charge is 0.506 e. The van der Waals surface area contributed by atoms with Gasteiger partial charge in [0.15, 0.2) is 0 Å². The van der Waals surface area contributed by atoms with Gasteiger partial charge in [-0.2, -0.15) is 0 Å². The molecule has 1 aliphatic rings. The van der Waals surface area contributed by atoms with Gasteiger partial charge in [-0.05, 0) is 24.8 Å². The molecule has 1 heterocycles. The second-order valence-corrected chi connectivity index (χ2v) is 8.55. The summed E-state index contributed by atoms with van der Waals surface area (Å²) in [6.45, 7) is 4.70. The summed E-state index contributed by atoms with van der Waals surface area (Å²) in [6, 6.07) is 2.77. The van der Waals surface area contributed by atoms with Crippen LogP contribution in [0.3, 0.4) is 0 Å². The van der Waals surface area contributed by atoms with Gasteiger partial charge in [0.05, 0.1) is 22.3 Å². The highest BCUT2D eigenvalue weighted by atomic mass is 35.5. The topological polar surface area (TPSA) is 98.7 Å². The van der Waals surface area contributed by atoms with Crippen molar-refractivity contribution < 1.29 is 18.3 Å². The van der Waals surface area contributed by atoms with E-state index in [4.69, 9.17) is 23.2 Å². The van der Waals surface area contributed by atoms with E-state index in [2.05, 4.69) is 16.6 Å². The Morgan fingerprint density at radius 3 is 2.54 bits per heavy atom. The van der Waals surface area contributed by atoms with Crippen LogP contribution < -0.4 is 10.0 Å². The van der Waals surface area contributed by atoms with Gasteiger partial charge in [0.2, 0.25) is 15.9 Å². The molecule has 1 fully saturated rings. The van der Waals surface area contributed by atoms with Gasteiger partial charge < -0.3 is 15.3 Å². The number of hydrogen-bond donors (Lipinski definition) is 3. The standard InChI is InChI=1S/C16H21Cl2N3O4S/c1-2-26(24,25)20-9-11-3-5-21(6-4-11)16(23)10-19-14-7-12(17)13(18)8-15(14)22/h2,7-8,11,19-20,22H,1,3-6,9-10H2. The first-order chi connectivity index (χ1) is 12.2. The minimum atomic E-state index is -3.42. The number of anilines is 1. The Hall–Kier alpha value is -1.48. The molecule has 0 saturated carbocycles. The number of amides is 1. The lowest BCUT2D eigenvalue weighted by molar-refractivity contribution is -0.130. The molecule has 3 N–H and O–H groups in total. The first-order valence-corrected chi connectivity index (χ1v) is 10.3. The zero-order chi connectivity index (χ0) is 19.3. The normalized spacial score (nSPS) is 15.7. The van der Waals surface area contributed by atoms with Crippen LogP contribution >= 0.6 is 23.2 Å². The van der Waals surface area contributed by atoms with E-state index in [0.29, 0.717) is 38.2 Å². The van der Waals surface area contributed by atoms with Crippen molar-refractivity contribution in [1.29, 1.82) is 0 Å². The van der Waals surface area contributed by atoms with E-state index >= 15 is 0 Å². The number of sulfonamides is 1. The van der Waals surface area contributed by atoms with Crippen molar-refractivity contribution in [3.63, 3.8) is 0 Å². The van der Waals surface area contributed by atoms with Crippen LogP contribution in [0.4, 0.5) is 5.69 Å². The Morgan fingerprint density at radius 2 is 1.92 bits per heavy atom. The number of halogens is 2. The zero-order valence-electron chi connectivity index (χ0n) is 14.0. The van der Waals surface area contributed by atoms with E-state index in [9.17, 15) is 18.3 Å². The summed E-state index contributed by atoms with van der Waals surface area (Å²) in [5, 5.41) is 14.1. The van der Waals surface area contributed by atoms with E-state index < -0.39 is 10.0 Å². The van der Waals surface area contributed by atoms with Crippen LogP contribution in [0.2, 0.25) is 10.0 Å². The molecule has 0 aromatic heterocycles. The fourth-order valence-corrected chi connectivity index (χ4v) is 3.55. The summed E-state index contributed by atoms with van der Waals surface area (Å²) in [4.78, 5) is 14.0. The number of benzene rings is 1. The predicted molar refractivity (Wildman–Crippen MR) is 103 cm³/mol. The SMILES string of the molecule is C=CS(=O)(=O)NCC1CCN(C(=O)CNc2cc(Cl)c(Cl)cc2O)CC1. The molecule has 2 rings (SSSR count). The Morgan fingerprint density at radius 1 is 1.31 bits per heavy atom. The fraction of sp³-hybridized carbons (Fsp3) is 0.438. The van der Waals surface area contributed by atoms with Crippen molar-refractivity contribution in [3.05, 3.63) is 34.2 Å². The predicted octanol–water partition coefficient (Wildman–Crippen LogP) is 2.41. The highest BCUT2D eigenvalue weighted by Gasteiger charge is 2.23. The second kappa shape index (κ2) is 8.94. The van der Waals surface area contributed by atoms with E-state index in [0.717, 1.165) is 5.41 Å². The Balaban J connectivity index is 1.80. The summed E-state index contributed by atoms with van der Waals surface area (Å²) in [5.74, 6) is -0.0122. The Bertz CT molecular complexity index is 778. The molecule has 1 saturated heterocycles. The monoisotopic (exact) mass is 421 g/mol. The summed E-state index contributed by atoms with van der Waals surface area (Å²) in [6.07, 6.45) is 1.42. The second-order valence-electron chi connectivity index (χ2n) is 6.02. The van der Waals surface area contributed by atoms with Crippen molar-refractivity contribution in [1.82, 2.24) is 9.62 Å². The van der Waals surface area contributed by atoms with Gasteiger partial charge in [-0.3, -0.25) is 4.79 Å². The maximum atomic E-state index is 12.3. The number of carbonyl (C=O) groups excluding carboxylic acids is 1. The molecule has 1 aromatic carbocycles. The lowest BCUT2D eigenvalue weighted by atomic mass is 9.97. The van der Waals surface area contributed by atoms with Crippen molar-refractivity contribution in [2.45, 2.75) is 12.8 Å². The molecule has 0 spiro atoms. The third-order valence-electron chi connectivity index (χ3n) is 4.23. The van der Waals surface area contributed by atoms with Crippen LogP contribution in [0.5, 0.6) is 5.75 Å². The molecule has 1 aliphatic heterocycles. The lowest BCUT2D eigenvalue weighted by Gasteiger charge is -2.32. The van der Waals surface area contributed by atoms with Crippen LogP contribution in [-0.4, -0.2) is 50.5 Å². The quantitative estimate of drug-likeness (QED) is 0.587. The number of likely N-dealkylation sites (tertiary alicyclic amines) is 1. The van der Waals surface area contributed by atoms with E-state index in [1.807, 2.05) is 0 Å². The van der Waals surface area contributed by atoms with Gasteiger partial charge >= 0.3 is 0 Å². The van der Waals surface area contributed by atoms with Gasteiger partial charge in [0.25, 0.3) is 0 Å². The minimum Gasteiger partial charge on any atom is -0.506 e. The number of aromatic hydroxyl groups is 1. The molecular formula is C16H21Cl2N3O4S. The molecule has 0 atom stereocenters. The molecule has 1 amide bonds. The van der Waals surface area contributed by atoms with E-state index in [-0.39, 0.29) is 34.2 Å². The van der Waals surface area contributed by atoms with Crippen molar-refractivity contribution in [2.75, 3.05) is 31.5 Å². The minimum absolute atomic E-state index is 0.0132. The highest BCUT2D eigenvalue weighted by Crippen LogP contribution is 2.33. The zero-order valence-corrected chi connectivity index (χ0v) is 16.4. The molecule has 144 valence electrons. The number of nitrogens with one attached hydrogen (secondary N) is 2. The van der Waals surface area contributed by atoms with Crippen LogP contribution in [0.1, 0.15) is 12.8 Å². The van der Waals surface area contributed by atoms with Crippen LogP contribution in [0, 0.1) is 5.92 Å². The Labute approximate surface area is 163 Å². The Kier molecular flexibility index (Phi) is 7.16. The average Bonchev–Trinajstić information content (AvgIpc) is 2.62. The maximum Gasteiger partial charge on any atom is 0.241 e. The summed E-state index contributed by atoms with van der Waals surface area (Å²) in [7, 11) is -3.42. The number of nitrogens with zero attached hydrogens (tertiary/aromatic N) is 1. The molecule has 10 heteroatoms. The maximum absolute atomic E-state index is 12.3. The number of phenolic OH excluding ortho intramolecular Hbond substituents is 1. The first-order valence-electron chi connectivity index (χ1n) is 8.03. The molecular weight excluding hydrogens is 401 g/mol. The van der Waals surface area contributed by atoms with Crippen molar-refractivity contribution in [2.24, 2.45) is 5.92 Å². The third kappa shape index (κ3) is 5.77. The smallest absolute Gasteiger partial charge is 0.241 e.